The molecular weight excluding hydrogens is 360 g/mol. The molecule has 2 rings (SSSR count). The van der Waals surface area contributed by atoms with Crippen molar-refractivity contribution in [1.29, 1.82) is 0 Å². The largest absolute Gasteiger partial charge is 0.399 e. The number of nitrogen functional groups attached to an aromatic ring is 1. The van der Waals surface area contributed by atoms with Gasteiger partial charge in [0.05, 0.1) is 4.90 Å². The summed E-state index contributed by atoms with van der Waals surface area (Å²) in [6.45, 7) is 1.72. The zero-order valence-electron chi connectivity index (χ0n) is 10.6. The number of rotatable bonds is 3. The van der Waals surface area contributed by atoms with Crippen molar-refractivity contribution in [1.82, 2.24) is 0 Å². The van der Waals surface area contributed by atoms with Crippen LogP contribution in [0.1, 0.15) is 5.56 Å². The monoisotopic (exact) mass is 372 g/mol. The maximum absolute atomic E-state index is 11.6. The third kappa shape index (κ3) is 3.35. The average Bonchev–Trinajstić information content (AvgIpc) is 2.34. The molecule has 4 N–H and O–H groups in total. The molecule has 7 heteroatoms. The molecule has 2 aromatic rings. The lowest BCUT2D eigenvalue weighted by Gasteiger charge is -2.12. The zero-order valence-corrected chi connectivity index (χ0v) is 13.8. The predicted octanol–water partition coefficient (Wildman–Crippen LogP) is 3.14. The second kappa shape index (κ2) is 5.77. The third-order valence-electron chi connectivity index (χ3n) is 2.70. The maximum atomic E-state index is 11.6. The summed E-state index contributed by atoms with van der Waals surface area (Å²) in [7, 11) is -3.79. The number of primary sulfonamides is 1. The Balaban J connectivity index is 2.54. The van der Waals surface area contributed by atoms with E-state index in [9.17, 15) is 8.42 Å². The van der Waals surface area contributed by atoms with E-state index in [-0.39, 0.29) is 4.90 Å². The summed E-state index contributed by atoms with van der Waals surface area (Å²) < 4.78 is 24.1. The van der Waals surface area contributed by atoms with Crippen molar-refractivity contribution in [2.45, 2.75) is 21.6 Å². The maximum Gasteiger partial charge on any atom is 0.238 e. The number of hydrogen-bond acceptors (Lipinski definition) is 4. The van der Waals surface area contributed by atoms with E-state index in [4.69, 9.17) is 10.9 Å². The van der Waals surface area contributed by atoms with E-state index >= 15 is 0 Å². The summed E-state index contributed by atoms with van der Waals surface area (Å²) in [5, 5.41) is 5.22. The molecule has 0 atom stereocenters. The first-order valence-electron chi connectivity index (χ1n) is 5.64. The third-order valence-corrected chi connectivity index (χ3v) is 5.91. The SMILES string of the molecule is Cc1c(Sc2ccccc2Br)cc(N)cc1S(N)(=O)=O. The lowest BCUT2D eigenvalue weighted by atomic mass is 10.2. The minimum absolute atomic E-state index is 0.0621. The molecule has 106 valence electrons. The van der Waals surface area contributed by atoms with Gasteiger partial charge in [0.2, 0.25) is 10.0 Å². The van der Waals surface area contributed by atoms with Gasteiger partial charge in [-0.15, -0.1) is 0 Å². The van der Waals surface area contributed by atoms with Gasteiger partial charge < -0.3 is 5.73 Å². The first-order chi connectivity index (χ1) is 9.29. The molecule has 0 saturated carbocycles. The molecule has 0 unspecified atom stereocenters. The van der Waals surface area contributed by atoms with Crippen LogP contribution in [-0.2, 0) is 10.0 Å². The van der Waals surface area contributed by atoms with E-state index in [1.165, 1.54) is 17.8 Å². The summed E-state index contributed by atoms with van der Waals surface area (Å²) in [4.78, 5) is 1.80. The van der Waals surface area contributed by atoms with Gasteiger partial charge in [0.1, 0.15) is 0 Å². The smallest absolute Gasteiger partial charge is 0.238 e. The average molecular weight is 373 g/mol. The Bertz CT molecular complexity index is 761. The van der Waals surface area contributed by atoms with Crippen molar-refractivity contribution in [2.24, 2.45) is 5.14 Å². The molecule has 0 amide bonds. The molecule has 0 fully saturated rings. The van der Waals surface area contributed by atoms with Gasteiger partial charge >= 0.3 is 0 Å². The molecule has 0 bridgehead atoms. The van der Waals surface area contributed by atoms with Gasteiger partial charge in [-0.05, 0) is 52.7 Å². The van der Waals surface area contributed by atoms with Crippen molar-refractivity contribution >= 4 is 43.4 Å². The first kappa shape index (κ1) is 15.4. The van der Waals surface area contributed by atoms with Crippen molar-refractivity contribution in [2.75, 3.05) is 5.73 Å². The van der Waals surface area contributed by atoms with Gasteiger partial charge in [-0.2, -0.15) is 0 Å². The highest BCUT2D eigenvalue weighted by molar-refractivity contribution is 9.10. The van der Waals surface area contributed by atoms with Crippen molar-refractivity contribution < 1.29 is 8.42 Å². The Kier molecular flexibility index (Phi) is 4.43. The van der Waals surface area contributed by atoms with Crippen LogP contribution in [0, 0.1) is 6.92 Å². The highest BCUT2D eigenvalue weighted by Gasteiger charge is 2.16. The molecule has 0 spiro atoms. The highest BCUT2D eigenvalue weighted by Crippen LogP contribution is 2.37. The Morgan fingerprint density at radius 3 is 2.40 bits per heavy atom. The summed E-state index contributed by atoms with van der Waals surface area (Å²) in [6, 6.07) is 10.8. The fraction of sp³-hybridized carbons (Fsp3) is 0.0769. The van der Waals surface area contributed by atoms with E-state index in [0.717, 1.165) is 14.3 Å². The highest BCUT2D eigenvalue weighted by atomic mass is 79.9. The number of halogens is 1. The quantitative estimate of drug-likeness (QED) is 0.810. The van der Waals surface area contributed by atoms with Crippen LogP contribution in [0.4, 0.5) is 5.69 Å². The number of hydrogen-bond donors (Lipinski definition) is 2. The van der Waals surface area contributed by atoms with E-state index in [1.54, 1.807) is 13.0 Å². The van der Waals surface area contributed by atoms with Crippen LogP contribution in [0.5, 0.6) is 0 Å². The van der Waals surface area contributed by atoms with Gasteiger partial charge in [0, 0.05) is 20.0 Å². The van der Waals surface area contributed by atoms with E-state index in [2.05, 4.69) is 15.9 Å². The summed E-state index contributed by atoms with van der Waals surface area (Å²) >= 11 is 4.90. The molecule has 2 aromatic carbocycles. The topological polar surface area (TPSA) is 86.2 Å². The molecule has 0 aliphatic heterocycles. The Morgan fingerprint density at radius 1 is 1.15 bits per heavy atom. The van der Waals surface area contributed by atoms with Crippen molar-refractivity contribution in [3.8, 4) is 0 Å². The van der Waals surface area contributed by atoms with Crippen LogP contribution >= 0.6 is 27.7 Å². The molecule has 0 radical (unpaired) electrons. The Hall–Kier alpha value is -1.02. The van der Waals surface area contributed by atoms with Gasteiger partial charge in [-0.25, -0.2) is 13.6 Å². The van der Waals surface area contributed by atoms with E-state index in [1.807, 2.05) is 24.3 Å². The normalized spacial score (nSPS) is 11.6. The number of benzene rings is 2. The van der Waals surface area contributed by atoms with Gasteiger partial charge in [-0.3, -0.25) is 0 Å². The Labute approximate surface area is 130 Å². The number of nitrogens with two attached hydrogens (primary N) is 2. The summed E-state index contributed by atoms with van der Waals surface area (Å²) in [5.41, 5.74) is 6.74. The minimum Gasteiger partial charge on any atom is -0.399 e. The van der Waals surface area contributed by atoms with Crippen molar-refractivity contribution in [3.05, 3.63) is 46.4 Å². The lowest BCUT2D eigenvalue weighted by molar-refractivity contribution is 0.597. The van der Waals surface area contributed by atoms with Crippen LogP contribution in [0.3, 0.4) is 0 Å². The van der Waals surface area contributed by atoms with Gasteiger partial charge in [0.25, 0.3) is 0 Å². The standard InChI is InChI=1S/C13H13BrN2O2S2/c1-8-12(19-11-5-3-2-4-10(11)14)6-9(15)7-13(8)20(16,17)18/h2-7H,15H2,1H3,(H2,16,17,18). The first-order valence-corrected chi connectivity index (χ1v) is 8.80. The van der Waals surface area contributed by atoms with E-state index in [0.29, 0.717) is 11.3 Å². The van der Waals surface area contributed by atoms with Crippen LogP contribution in [0.2, 0.25) is 0 Å². The van der Waals surface area contributed by atoms with Crippen LogP contribution < -0.4 is 10.9 Å². The number of anilines is 1. The fourth-order valence-corrected chi connectivity index (χ4v) is 4.17. The molecule has 0 saturated heterocycles. The van der Waals surface area contributed by atoms with Gasteiger partial charge in [-0.1, -0.05) is 23.9 Å². The molecule has 0 aromatic heterocycles. The molecule has 4 nitrogen and oxygen atoms in total. The lowest BCUT2D eigenvalue weighted by Crippen LogP contribution is -2.14. The second-order valence-electron chi connectivity index (χ2n) is 4.22. The molecule has 0 aliphatic rings. The van der Waals surface area contributed by atoms with Gasteiger partial charge in [0.15, 0.2) is 0 Å². The predicted molar refractivity (Wildman–Crippen MR) is 85.2 cm³/mol. The summed E-state index contributed by atoms with van der Waals surface area (Å²) in [5.74, 6) is 0. The molecule has 0 heterocycles. The number of sulfonamides is 1. The van der Waals surface area contributed by atoms with Crippen LogP contribution in [-0.4, -0.2) is 8.42 Å². The summed E-state index contributed by atoms with van der Waals surface area (Å²) in [6.07, 6.45) is 0. The zero-order chi connectivity index (χ0) is 14.9. The molecular formula is C13H13BrN2O2S2. The Morgan fingerprint density at radius 2 is 1.80 bits per heavy atom. The van der Waals surface area contributed by atoms with Crippen molar-refractivity contribution in [3.63, 3.8) is 0 Å². The second-order valence-corrected chi connectivity index (χ2v) is 7.69. The van der Waals surface area contributed by atoms with Crippen LogP contribution in [0.15, 0.2) is 55.6 Å². The molecule has 20 heavy (non-hydrogen) atoms. The van der Waals surface area contributed by atoms with E-state index < -0.39 is 10.0 Å². The minimum atomic E-state index is -3.79. The fourth-order valence-electron chi connectivity index (χ4n) is 1.73. The van der Waals surface area contributed by atoms with Crippen LogP contribution in [0.25, 0.3) is 0 Å². The molecule has 0 aliphatic carbocycles.